The Labute approximate surface area is 156 Å². The Hall–Kier alpha value is -1.98. The van der Waals surface area contributed by atoms with Crippen molar-refractivity contribution in [2.75, 3.05) is 24.2 Å². The van der Waals surface area contributed by atoms with Crippen LogP contribution in [0.4, 0.5) is 5.69 Å². The minimum Gasteiger partial charge on any atom is -0.339 e. The number of anilines is 1. The first-order valence-corrected chi connectivity index (χ1v) is 9.56. The zero-order chi connectivity index (χ0) is 17.6. The molecule has 2 aromatic rings. The normalized spacial score (nSPS) is 13.7. The van der Waals surface area contributed by atoms with Gasteiger partial charge in [-0.2, -0.15) is 0 Å². The molecule has 1 N–H and O–H groups in total. The fourth-order valence-corrected chi connectivity index (χ4v) is 3.74. The summed E-state index contributed by atoms with van der Waals surface area (Å²) in [6.07, 6.45) is 2.14. The van der Waals surface area contributed by atoms with Crippen molar-refractivity contribution in [2.24, 2.45) is 0 Å². The van der Waals surface area contributed by atoms with E-state index in [1.807, 2.05) is 23.1 Å². The van der Waals surface area contributed by atoms with E-state index >= 15 is 0 Å². The third-order valence-corrected chi connectivity index (χ3v) is 5.52. The lowest BCUT2D eigenvalue weighted by molar-refractivity contribution is -0.113. The van der Waals surface area contributed by atoms with Crippen molar-refractivity contribution >= 4 is 40.9 Å². The Kier molecular flexibility index (Phi) is 6.00. The van der Waals surface area contributed by atoms with Crippen molar-refractivity contribution in [3.63, 3.8) is 0 Å². The molecule has 0 radical (unpaired) electrons. The predicted molar refractivity (Wildman–Crippen MR) is 102 cm³/mol. The summed E-state index contributed by atoms with van der Waals surface area (Å²) in [4.78, 5) is 27.1. The number of halogens is 1. The van der Waals surface area contributed by atoms with Gasteiger partial charge in [0, 0.05) is 29.2 Å². The molecule has 1 saturated heterocycles. The van der Waals surface area contributed by atoms with Crippen LogP contribution in [0.15, 0.2) is 53.4 Å². The Morgan fingerprint density at radius 2 is 1.72 bits per heavy atom. The van der Waals surface area contributed by atoms with Crippen molar-refractivity contribution in [3.05, 3.63) is 59.1 Å². The second kappa shape index (κ2) is 8.41. The number of hydrogen-bond acceptors (Lipinski definition) is 3. The van der Waals surface area contributed by atoms with Crippen LogP contribution in [0.3, 0.4) is 0 Å². The van der Waals surface area contributed by atoms with Crippen molar-refractivity contribution in [1.29, 1.82) is 0 Å². The van der Waals surface area contributed by atoms with Crippen LogP contribution in [0.1, 0.15) is 23.2 Å². The standard InChI is InChI=1S/C19H19ClN2O2S/c20-16-5-1-2-6-17(16)25-13-18(23)21-15-9-7-14(8-10-15)19(24)22-11-3-4-12-22/h1-2,5-10H,3-4,11-13H2,(H,21,23). The number of rotatable bonds is 5. The van der Waals surface area contributed by atoms with Gasteiger partial charge in [0.1, 0.15) is 0 Å². The number of hydrogen-bond donors (Lipinski definition) is 1. The van der Waals surface area contributed by atoms with Crippen LogP contribution in [-0.2, 0) is 4.79 Å². The summed E-state index contributed by atoms with van der Waals surface area (Å²) in [6, 6.07) is 14.5. The van der Waals surface area contributed by atoms with Crippen LogP contribution in [0, 0.1) is 0 Å². The van der Waals surface area contributed by atoms with Gasteiger partial charge in [0.15, 0.2) is 0 Å². The Morgan fingerprint density at radius 1 is 1.04 bits per heavy atom. The summed E-state index contributed by atoms with van der Waals surface area (Å²) in [5.41, 5.74) is 1.34. The number of benzene rings is 2. The lowest BCUT2D eigenvalue weighted by atomic mass is 10.2. The summed E-state index contributed by atoms with van der Waals surface area (Å²) in [7, 11) is 0. The van der Waals surface area contributed by atoms with Gasteiger partial charge in [-0.15, -0.1) is 11.8 Å². The second-order valence-electron chi connectivity index (χ2n) is 5.84. The molecule has 25 heavy (non-hydrogen) atoms. The molecular formula is C19H19ClN2O2S. The van der Waals surface area contributed by atoms with E-state index in [4.69, 9.17) is 11.6 Å². The number of carbonyl (C=O) groups excluding carboxylic acids is 2. The number of amides is 2. The fourth-order valence-electron chi connectivity index (χ4n) is 2.70. The Morgan fingerprint density at radius 3 is 2.40 bits per heavy atom. The smallest absolute Gasteiger partial charge is 0.253 e. The lowest BCUT2D eigenvalue weighted by Gasteiger charge is -2.15. The molecule has 0 unspecified atom stereocenters. The number of carbonyl (C=O) groups is 2. The minimum absolute atomic E-state index is 0.0599. The quantitative estimate of drug-likeness (QED) is 0.793. The van der Waals surface area contributed by atoms with Gasteiger partial charge in [0.05, 0.1) is 10.8 Å². The molecular weight excluding hydrogens is 356 g/mol. The van der Waals surface area contributed by atoms with Crippen LogP contribution >= 0.6 is 23.4 Å². The molecule has 2 aromatic carbocycles. The SMILES string of the molecule is O=C(CSc1ccccc1Cl)Nc1ccc(C(=O)N2CCCC2)cc1. The largest absolute Gasteiger partial charge is 0.339 e. The monoisotopic (exact) mass is 374 g/mol. The van der Waals surface area contributed by atoms with Crippen LogP contribution in [-0.4, -0.2) is 35.6 Å². The first-order chi connectivity index (χ1) is 12.1. The van der Waals surface area contributed by atoms with Gasteiger partial charge in [-0.3, -0.25) is 9.59 Å². The van der Waals surface area contributed by atoms with Gasteiger partial charge in [-0.1, -0.05) is 23.7 Å². The number of thioether (sulfide) groups is 1. The maximum Gasteiger partial charge on any atom is 0.253 e. The molecule has 4 nitrogen and oxygen atoms in total. The molecule has 2 amide bonds. The molecule has 0 bridgehead atoms. The van der Waals surface area contributed by atoms with E-state index < -0.39 is 0 Å². The molecule has 0 aromatic heterocycles. The molecule has 1 aliphatic heterocycles. The van der Waals surface area contributed by atoms with E-state index in [-0.39, 0.29) is 17.6 Å². The van der Waals surface area contributed by atoms with E-state index in [1.54, 1.807) is 30.3 Å². The maximum atomic E-state index is 12.3. The van der Waals surface area contributed by atoms with Crippen LogP contribution in [0.25, 0.3) is 0 Å². The Balaban J connectivity index is 1.53. The van der Waals surface area contributed by atoms with E-state index in [0.717, 1.165) is 30.8 Å². The lowest BCUT2D eigenvalue weighted by Crippen LogP contribution is -2.27. The van der Waals surface area contributed by atoms with Crippen molar-refractivity contribution in [3.8, 4) is 0 Å². The Bertz CT molecular complexity index is 758. The molecule has 3 rings (SSSR count). The van der Waals surface area contributed by atoms with Crippen molar-refractivity contribution in [1.82, 2.24) is 4.90 Å². The molecule has 1 heterocycles. The van der Waals surface area contributed by atoms with Gasteiger partial charge >= 0.3 is 0 Å². The molecule has 0 spiro atoms. The van der Waals surface area contributed by atoms with Gasteiger partial charge in [-0.25, -0.2) is 0 Å². The first-order valence-electron chi connectivity index (χ1n) is 8.20. The molecule has 1 aliphatic rings. The highest BCUT2D eigenvalue weighted by molar-refractivity contribution is 8.00. The third-order valence-electron chi connectivity index (χ3n) is 4.00. The average Bonchev–Trinajstić information content (AvgIpc) is 3.16. The third kappa shape index (κ3) is 4.77. The summed E-state index contributed by atoms with van der Waals surface area (Å²) < 4.78 is 0. The van der Waals surface area contributed by atoms with Gasteiger partial charge in [0.25, 0.3) is 5.91 Å². The number of nitrogens with zero attached hydrogens (tertiary/aromatic N) is 1. The van der Waals surface area contributed by atoms with Gasteiger partial charge in [0.2, 0.25) is 5.91 Å². The summed E-state index contributed by atoms with van der Waals surface area (Å²) >= 11 is 7.47. The number of likely N-dealkylation sites (tertiary alicyclic amines) is 1. The fraction of sp³-hybridized carbons (Fsp3) is 0.263. The molecule has 0 saturated carbocycles. The van der Waals surface area contributed by atoms with Gasteiger partial charge in [-0.05, 0) is 49.2 Å². The average molecular weight is 375 g/mol. The topological polar surface area (TPSA) is 49.4 Å². The molecule has 1 fully saturated rings. The second-order valence-corrected chi connectivity index (χ2v) is 7.27. The van der Waals surface area contributed by atoms with E-state index in [9.17, 15) is 9.59 Å². The van der Waals surface area contributed by atoms with E-state index in [1.165, 1.54) is 11.8 Å². The molecule has 0 aliphatic carbocycles. The first kappa shape index (κ1) is 17.8. The predicted octanol–water partition coefficient (Wildman–Crippen LogP) is 4.31. The molecule has 130 valence electrons. The van der Waals surface area contributed by atoms with Crippen LogP contribution in [0.2, 0.25) is 5.02 Å². The van der Waals surface area contributed by atoms with E-state index in [0.29, 0.717) is 16.3 Å². The zero-order valence-electron chi connectivity index (χ0n) is 13.7. The summed E-state index contributed by atoms with van der Waals surface area (Å²) in [5, 5.41) is 3.48. The summed E-state index contributed by atoms with van der Waals surface area (Å²) in [5.74, 6) is 0.228. The molecule has 6 heteroatoms. The van der Waals surface area contributed by atoms with Crippen molar-refractivity contribution < 1.29 is 9.59 Å². The van der Waals surface area contributed by atoms with Crippen LogP contribution < -0.4 is 5.32 Å². The number of nitrogens with one attached hydrogen (secondary N) is 1. The van der Waals surface area contributed by atoms with E-state index in [2.05, 4.69) is 5.32 Å². The van der Waals surface area contributed by atoms with Crippen LogP contribution in [0.5, 0.6) is 0 Å². The highest BCUT2D eigenvalue weighted by Gasteiger charge is 2.19. The molecule has 0 atom stereocenters. The maximum absolute atomic E-state index is 12.3. The summed E-state index contributed by atoms with van der Waals surface area (Å²) in [6.45, 7) is 1.66. The zero-order valence-corrected chi connectivity index (χ0v) is 15.3. The van der Waals surface area contributed by atoms with Crippen molar-refractivity contribution in [2.45, 2.75) is 17.7 Å². The van der Waals surface area contributed by atoms with Gasteiger partial charge < -0.3 is 10.2 Å². The minimum atomic E-state index is -0.108. The highest BCUT2D eigenvalue weighted by Crippen LogP contribution is 2.26. The highest BCUT2D eigenvalue weighted by atomic mass is 35.5.